The summed E-state index contributed by atoms with van der Waals surface area (Å²) in [6.07, 6.45) is 18.6. The van der Waals surface area contributed by atoms with Crippen LogP contribution >= 0.6 is 7.82 Å². The fraction of sp³-hybridized carbons (Fsp3) is 0.893. The van der Waals surface area contributed by atoms with Crippen LogP contribution in [0.5, 0.6) is 0 Å². The van der Waals surface area contributed by atoms with Gasteiger partial charge in [0.1, 0.15) is 13.2 Å². The van der Waals surface area contributed by atoms with E-state index in [1.165, 1.54) is 38.5 Å². The highest BCUT2D eigenvalue weighted by molar-refractivity contribution is 7.45. The van der Waals surface area contributed by atoms with E-state index in [-0.39, 0.29) is 19.1 Å². The Morgan fingerprint density at radius 3 is 2.03 bits per heavy atom. The number of hydrogen-bond donors (Lipinski definition) is 2. The standard InChI is InChI=1S/C28H57N2O6P/c1-6-8-10-12-13-14-15-16-18-19-21-27(31)26(29-28(32)22-20-17-11-9-7-2)25-36-37(33,34)35-24-23-30(3,4)5/h19,21,26-27,31H,6-18,20,22-25H2,1-5H3,(H-,29,32,33,34)/b21-19+. The summed E-state index contributed by atoms with van der Waals surface area (Å²) in [6, 6.07) is -0.873. The first-order chi connectivity index (χ1) is 17.5. The largest absolute Gasteiger partial charge is 0.756 e. The molecule has 0 saturated carbocycles. The summed E-state index contributed by atoms with van der Waals surface area (Å²) >= 11 is 0. The van der Waals surface area contributed by atoms with Gasteiger partial charge in [0.2, 0.25) is 5.91 Å². The van der Waals surface area contributed by atoms with Gasteiger partial charge in [-0.1, -0.05) is 96.6 Å². The molecule has 0 aliphatic rings. The second-order valence-corrected chi connectivity index (χ2v) is 12.5. The SMILES string of the molecule is CCCCCCCCCC/C=C/C(O)C(COP(=O)([O-])OCC[N+](C)(C)C)NC(=O)CCCCCCC. The monoisotopic (exact) mass is 548 g/mol. The van der Waals surface area contributed by atoms with E-state index in [0.717, 1.165) is 51.4 Å². The lowest BCUT2D eigenvalue weighted by Gasteiger charge is -2.29. The number of allylic oxidation sites excluding steroid dienone is 1. The quantitative estimate of drug-likeness (QED) is 0.0676. The summed E-state index contributed by atoms with van der Waals surface area (Å²) in [6.45, 7) is 4.48. The van der Waals surface area contributed by atoms with Crippen LogP contribution in [0.25, 0.3) is 0 Å². The molecule has 8 nitrogen and oxygen atoms in total. The average molecular weight is 549 g/mol. The van der Waals surface area contributed by atoms with Crippen LogP contribution in [-0.2, 0) is 18.4 Å². The smallest absolute Gasteiger partial charge is 0.268 e. The van der Waals surface area contributed by atoms with Crippen LogP contribution in [0, 0.1) is 0 Å². The van der Waals surface area contributed by atoms with E-state index in [2.05, 4.69) is 19.2 Å². The van der Waals surface area contributed by atoms with Gasteiger partial charge in [-0.15, -0.1) is 0 Å². The second kappa shape index (κ2) is 22.1. The summed E-state index contributed by atoms with van der Waals surface area (Å²) in [5.41, 5.74) is 0. The maximum absolute atomic E-state index is 12.5. The van der Waals surface area contributed by atoms with Crippen molar-refractivity contribution < 1.29 is 32.9 Å². The van der Waals surface area contributed by atoms with Crippen molar-refractivity contribution in [3.63, 3.8) is 0 Å². The highest BCUT2D eigenvalue weighted by atomic mass is 31.2. The van der Waals surface area contributed by atoms with Crippen molar-refractivity contribution in [2.24, 2.45) is 0 Å². The van der Waals surface area contributed by atoms with Gasteiger partial charge in [0.15, 0.2) is 0 Å². The Balaban J connectivity index is 4.69. The maximum Gasteiger partial charge on any atom is 0.268 e. The first-order valence-electron chi connectivity index (χ1n) is 14.6. The number of aliphatic hydroxyl groups is 1. The van der Waals surface area contributed by atoms with E-state index in [0.29, 0.717) is 17.4 Å². The number of nitrogens with zero attached hydrogens (tertiary/aromatic N) is 1. The number of quaternary nitrogens is 1. The normalized spacial score (nSPS) is 15.5. The van der Waals surface area contributed by atoms with Crippen LogP contribution in [0.3, 0.4) is 0 Å². The number of phosphoric ester groups is 1. The van der Waals surface area contributed by atoms with E-state index in [1.54, 1.807) is 6.08 Å². The molecule has 3 unspecified atom stereocenters. The highest BCUT2D eigenvalue weighted by Crippen LogP contribution is 2.38. The summed E-state index contributed by atoms with van der Waals surface area (Å²) in [7, 11) is 1.25. The minimum Gasteiger partial charge on any atom is -0.756 e. The molecule has 0 fully saturated rings. The van der Waals surface area contributed by atoms with Gasteiger partial charge >= 0.3 is 0 Å². The zero-order valence-corrected chi connectivity index (χ0v) is 25.3. The third-order valence-corrected chi connectivity index (χ3v) is 7.21. The number of carbonyl (C=O) groups is 1. The molecule has 9 heteroatoms. The van der Waals surface area contributed by atoms with Crippen LogP contribution in [0.1, 0.15) is 110 Å². The number of likely N-dealkylation sites (N-methyl/N-ethyl adjacent to an activating group) is 1. The molecule has 0 aromatic carbocycles. The van der Waals surface area contributed by atoms with Crippen molar-refractivity contribution in [1.29, 1.82) is 0 Å². The van der Waals surface area contributed by atoms with Gasteiger partial charge in [-0.3, -0.25) is 9.36 Å². The first kappa shape index (κ1) is 36.2. The summed E-state index contributed by atoms with van der Waals surface area (Å²) in [5.74, 6) is -0.215. The van der Waals surface area contributed by atoms with Crippen LogP contribution in [0.4, 0.5) is 0 Å². The van der Waals surface area contributed by atoms with Crippen molar-refractivity contribution in [3.05, 3.63) is 12.2 Å². The number of phosphoric acid groups is 1. The van der Waals surface area contributed by atoms with Gasteiger partial charge in [0.05, 0.1) is 39.9 Å². The third-order valence-electron chi connectivity index (χ3n) is 6.25. The second-order valence-electron chi connectivity index (χ2n) is 11.1. The van der Waals surface area contributed by atoms with Crippen molar-refractivity contribution in [2.45, 2.75) is 122 Å². The van der Waals surface area contributed by atoms with E-state index in [9.17, 15) is 19.4 Å². The minimum absolute atomic E-state index is 0.000123. The highest BCUT2D eigenvalue weighted by Gasteiger charge is 2.23. The topological polar surface area (TPSA) is 108 Å². The lowest BCUT2D eigenvalue weighted by atomic mass is 10.1. The van der Waals surface area contributed by atoms with E-state index in [4.69, 9.17) is 9.05 Å². The number of aliphatic hydroxyl groups excluding tert-OH is 1. The number of rotatable bonds is 25. The zero-order chi connectivity index (χ0) is 28.0. The molecule has 3 atom stereocenters. The van der Waals surface area contributed by atoms with Crippen molar-refractivity contribution in [3.8, 4) is 0 Å². The lowest BCUT2D eigenvalue weighted by molar-refractivity contribution is -0.870. The molecule has 0 bridgehead atoms. The van der Waals surface area contributed by atoms with E-state index < -0.39 is 20.0 Å². The van der Waals surface area contributed by atoms with Crippen molar-refractivity contribution in [2.75, 3.05) is 40.9 Å². The molecule has 0 aromatic rings. The molecule has 220 valence electrons. The molecule has 37 heavy (non-hydrogen) atoms. The average Bonchev–Trinajstić information content (AvgIpc) is 2.81. The maximum atomic E-state index is 12.5. The van der Waals surface area contributed by atoms with Crippen LogP contribution < -0.4 is 10.2 Å². The molecule has 0 aliphatic carbocycles. The molecule has 0 rings (SSSR count). The molecule has 0 saturated heterocycles. The number of amides is 1. The molecular weight excluding hydrogens is 491 g/mol. The molecule has 1 amide bonds. The van der Waals surface area contributed by atoms with Gasteiger partial charge in [-0.2, -0.15) is 0 Å². The van der Waals surface area contributed by atoms with Gasteiger partial charge in [0, 0.05) is 6.42 Å². The lowest BCUT2D eigenvalue weighted by Crippen LogP contribution is -2.45. The van der Waals surface area contributed by atoms with Gasteiger partial charge < -0.3 is 28.8 Å². The molecule has 2 N–H and O–H groups in total. The number of hydrogen-bond acceptors (Lipinski definition) is 6. The predicted molar refractivity (Wildman–Crippen MR) is 150 cm³/mol. The first-order valence-corrected chi connectivity index (χ1v) is 16.0. The number of unbranched alkanes of at least 4 members (excludes halogenated alkanes) is 12. The van der Waals surface area contributed by atoms with Crippen molar-refractivity contribution >= 4 is 13.7 Å². The Kier molecular flexibility index (Phi) is 21.6. The summed E-state index contributed by atoms with van der Waals surface area (Å²) in [5, 5.41) is 13.4. The molecule has 0 radical (unpaired) electrons. The molecule has 0 spiro atoms. The Bertz CT molecular complexity index is 639. The Hall–Kier alpha value is -0.760. The van der Waals surface area contributed by atoms with Gasteiger partial charge in [0.25, 0.3) is 7.82 Å². The Morgan fingerprint density at radius 1 is 0.919 bits per heavy atom. The Morgan fingerprint density at radius 2 is 1.46 bits per heavy atom. The predicted octanol–water partition coefficient (Wildman–Crippen LogP) is 5.49. The van der Waals surface area contributed by atoms with Crippen LogP contribution in [-0.4, -0.2) is 68.5 Å². The van der Waals surface area contributed by atoms with Gasteiger partial charge in [-0.05, 0) is 19.3 Å². The van der Waals surface area contributed by atoms with Gasteiger partial charge in [-0.25, -0.2) is 0 Å². The van der Waals surface area contributed by atoms with Crippen LogP contribution in [0.15, 0.2) is 12.2 Å². The van der Waals surface area contributed by atoms with Crippen molar-refractivity contribution in [1.82, 2.24) is 5.32 Å². The summed E-state index contributed by atoms with van der Waals surface area (Å²) < 4.78 is 22.8. The molecular formula is C28H57N2O6P. The van der Waals surface area contributed by atoms with E-state index >= 15 is 0 Å². The summed E-state index contributed by atoms with van der Waals surface area (Å²) in [4.78, 5) is 24.7. The number of nitrogens with one attached hydrogen (secondary N) is 1. The van der Waals surface area contributed by atoms with Crippen LogP contribution in [0.2, 0.25) is 0 Å². The fourth-order valence-corrected chi connectivity index (χ4v) is 4.52. The van der Waals surface area contributed by atoms with E-state index in [1.807, 2.05) is 27.2 Å². The third kappa shape index (κ3) is 24.0. The molecule has 0 aliphatic heterocycles. The molecule has 0 aromatic heterocycles. The minimum atomic E-state index is -4.55. The zero-order valence-electron chi connectivity index (χ0n) is 24.4. The Labute approximate surface area is 227 Å². The number of carbonyl (C=O) groups excluding carboxylic acids is 1. The molecule has 0 heterocycles. The fourth-order valence-electron chi connectivity index (χ4n) is 3.79.